The second-order valence-corrected chi connectivity index (χ2v) is 10.9. The van der Waals surface area contributed by atoms with Crippen LogP contribution in [0, 0.1) is 23.2 Å². The van der Waals surface area contributed by atoms with E-state index in [-0.39, 0.29) is 6.03 Å². The van der Waals surface area contributed by atoms with E-state index < -0.39 is 5.69 Å². The summed E-state index contributed by atoms with van der Waals surface area (Å²) in [7, 11) is 0. The Balaban J connectivity index is 1.02. The zero-order valence-electron chi connectivity index (χ0n) is 20.2. The molecule has 4 fully saturated rings. The van der Waals surface area contributed by atoms with Gasteiger partial charge in [0.1, 0.15) is 5.82 Å². The molecule has 2 aromatic rings. The van der Waals surface area contributed by atoms with Crippen LogP contribution < -0.4 is 22.1 Å². The molecule has 3 aliphatic heterocycles. The Bertz CT molecular complexity index is 1120. The quantitative estimate of drug-likeness (QED) is 0.576. The molecule has 2 amide bonds. The van der Waals surface area contributed by atoms with E-state index in [2.05, 4.69) is 32.7 Å². The van der Waals surface area contributed by atoms with Crippen molar-refractivity contribution in [2.75, 3.05) is 57.7 Å². The number of benzene rings is 1. The van der Waals surface area contributed by atoms with E-state index in [1.165, 1.54) is 23.2 Å². The van der Waals surface area contributed by atoms with Crippen molar-refractivity contribution in [1.29, 1.82) is 0 Å². The lowest BCUT2D eigenvalue weighted by molar-refractivity contribution is 0.0718. The summed E-state index contributed by atoms with van der Waals surface area (Å²) >= 11 is 0. The monoisotopic (exact) mass is 477 g/mol. The summed E-state index contributed by atoms with van der Waals surface area (Å²) in [6, 6.07) is 9.58. The number of carbonyl (C=O) groups excluding carboxylic acids is 1. The van der Waals surface area contributed by atoms with Gasteiger partial charge in [0.05, 0.1) is 5.69 Å². The van der Waals surface area contributed by atoms with Crippen LogP contribution in [-0.4, -0.2) is 77.7 Å². The summed E-state index contributed by atoms with van der Waals surface area (Å²) in [5.41, 5.74) is 7.82. The van der Waals surface area contributed by atoms with Crippen molar-refractivity contribution in [2.45, 2.75) is 19.3 Å². The number of aromatic nitrogens is 2. The first-order chi connectivity index (χ1) is 17.0. The number of rotatable bonds is 6. The number of nitrogens with one attached hydrogen (secondary N) is 2. The van der Waals surface area contributed by atoms with E-state index in [0.717, 1.165) is 82.0 Å². The molecule has 9 nitrogen and oxygen atoms in total. The van der Waals surface area contributed by atoms with Crippen LogP contribution in [0.2, 0.25) is 0 Å². The number of piperidine rings is 2. The molecule has 1 aliphatic carbocycles. The molecule has 186 valence electrons. The fourth-order valence-electron chi connectivity index (χ4n) is 6.25. The van der Waals surface area contributed by atoms with Crippen molar-refractivity contribution >= 4 is 11.8 Å². The van der Waals surface area contributed by atoms with Gasteiger partial charge in [0.25, 0.3) is 0 Å². The van der Waals surface area contributed by atoms with E-state index in [4.69, 9.17) is 5.73 Å². The first kappa shape index (κ1) is 22.7. The fraction of sp³-hybridized carbons (Fsp3) is 0.577. The Morgan fingerprint density at radius 2 is 1.83 bits per heavy atom. The van der Waals surface area contributed by atoms with Crippen molar-refractivity contribution < 1.29 is 4.79 Å². The van der Waals surface area contributed by atoms with Gasteiger partial charge in [-0.3, -0.25) is 9.88 Å². The molecule has 35 heavy (non-hydrogen) atoms. The summed E-state index contributed by atoms with van der Waals surface area (Å²) < 4.78 is 1.51. The van der Waals surface area contributed by atoms with Crippen LogP contribution in [0.5, 0.6) is 0 Å². The third-order valence-corrected chi connectivity index (χ3v) is 8.80. The Hall–Kier alpha value is -2.75. The highest BCUT2D eigenvalue weighted by Gasteiger charge is 2.54. The van der Waals surface area contributed by atoms with Gasteiger partial charge in [-0.05, 0) is 72.7 Å². The number of hydrogen-bond acceptors (Lipinski definition) is 6. The normalized spacial score (nSPS) is 26.9. The Kier molecular flexibility index (Phi) is 5.86. The topological polar surface area (TPSA) is 109 Å². The van der Waals surface area contributed by atoms with Crippen LogP contribution in [0.25, 0.3) is 5.69 Å². The zero-order valence-corrected chi connectivity index (χ0v) is 20.2. The summed E-state index contributed by atoms with van der Waals surface area (Å²) in [6.07, 6.45) is 4.72. The van der Waals surface area contributed by atoms with Crippen LogP contribution in [0.4, 0.5) is 10.6 Å². The molecule has 0 bridgehead atoms. The van der Waals surface area contributed by atoms with Crippen molar-refractivity contribution in [3.63, 3.8) is 0 Å². The molecule has 6 rings (SSSR count). The van der Waals surface area contributed by atoms with Gasteiger partial charge in [-0.2, -0.15) is 4.98 Å². The molecule has 4 N–H and O–H groups in total. The van der Waals surface area contributed by atoms with Crippen LogP contribution in [0.15, 0.2) is 41.3 Å². The molecule has 2 unspecified atom stereocenters. The zero-order chi connectivity index (χ0) is 24.0. The standard InChI is InChI=1S/C26H35N7O2/c27-13-20-21-14-31(15-22(20)21)9-5-18-1-3-19(4-2-18)33-10-6-23(30-25(33)35)29-24(34)32-11-7-26(8-12-32)16-28-17-26/h1-4,6,10,20-22,28H,5,7-9,11-17,27H2,(H,29,30,34,35). The van der Waals surface area contributed by atoms with Crippen molar-refractivity contribution in [3.8, 4) is 5.69 Å². The number of hydrogen-bond donors (Lipinski definition) is 3. The highest BCUT2D eigenvalue weighted by molar-refractivity contribution is 5.88. The maximum Gasteiger partial charge on any atom is 0.354 e. The minimum absolute atomic E-state index is 0.185. The van der Waals surface area contributed by atoms with Gasteiger partial charge in [0.15, 0.2) is 0 Å². The predicted molar refractivity (Wildman–Crippen MR) is 135 cm³/mol. The van der Waals surface area contributed by atoms with E-state index in [1.54, 1.807) is 12.3 Å². The Labute approximate surface area is 205 Å². The van der Waals surface area contributed by atoms with Crippen LogP contribution >= 0.6 is 0 Å². The number of anilines is 1. The summed E-state index contributed by atoms with van der Waals surface area (Å²) in [4.78, 5) is 33.8. The second-order valence-electron chi connectivity index (χ2n) is 10.9. The average molecular weight is 478 g/mol. The van der Waals surface area contributed by atoms with Crippen LogP contribution in [0.1, 0.15) is 18.4 Å². The summed E-state index contributed by atoms with van der Waals surface area (Å²) in [5, 5.41) is 6.13. The second kappa shape index (κ2) is 9.04. The molecule has 1 aromatic carbocycles. The molecule has 3 saturated heterocycles. The summed E-state index contributed by atoms with van der Waals surface area (Å²) in [6.45, 7) is 7.86. The predicted octanol–water partition coefficient (Wildman–Crippen LogP) is 1.13. The third-order valence-electron chi connectivity index (χ3n) is 8.80. The molecule has 1 saturated carbocycles. The minimum atomic E-state index is -0.403. The van der Waals surface area contributed by atoms with Crippen molar-refractivity contribution in [3.05, 3.63) is 52.6 Å². The number of likely N-dealkylation sites (tertiary alicyclic amines) is 2. The van der Waals surface area contributed by atoms with E-state index in [0.29, 0.717) is 11.2 Å². The lowest BCUT2D eigenvalue weighted by Crippen LogP contribution is -2.59. The number of amides is 2. The highest BCUT2D eigenvalue weighted by Crippen LogP contribution is 2.50. The number of carbonyl (C=O) groups is 1. The third kappa shape index (κ3) is 4.48. The Morgan fingerprint density at radius 1 is 1.11 bits per heavy atom. The Morgan fingerprint density at radius 3 is 2.43 bits per heavy atom. The maximum atomic E-state index is 12.7. The van der Waals surface area contributed by atoms with E-state index in [9.17, 15) is 9.59 Å². The molecule has 4 aliphatic rings. The maximum absolute atomic E-state index is 12.7. The molecule has 0 radical (unpaired) electrons. The lowest BCUT2D eigenvalue weighted by Gasteiger charge is -2.48. The van der Waals surface area contributed by atoms with Crippen LogP contribution in [-0.2, 0) is 6.42 Å². The van der Waals surface area contributed by atoms with Gasteiger partial charge in [-0.15, -0.1) is 0 Å². The fourth-order valence-corrected chi connectivity index (χ4v) is 6.25. The number of nitrogens with zero attached hydrogens (tertiary/aromatic N) is 4. The molecule has 1 aromatic heterocycles. The van der Waals surface area contributed by atoms with Gasteiger partial charge >= 0.3 is 11.7 Å². The van der Waals surface area contributed by atoms with Gasteiger partial charge in [0, 0.05) is 52.0 Å². The first-order valence-electron chi connectivity index (χ1n) is 12.9. The molecular weight excluding hydrogens is 442 g/mol. The van der Waals surface area contributed by atoms with Crippen molar-refractivity contribution in [2.24, 2.45) is 28.9 Å². The molecule has 2 atom stereocenters. The molecule has 9 heteroatoms. The van der Waals surface area contributed by atoms with Gasteiger partial charge in [-0.1, -0.05) is 12.1 Å². The SMILES string of the molecule is NCC1C2CN(CCc3ccc(-n4ccc(NC(=O)N5CCC6(CC5)CNC6)nc4=O)cc3)CC12. The van der Waals surface area contributed by atoms with Gasteiger partial charge in [0.2, 0.25) is 0 Å². The van der Waals surface area contributed by atoms with E-state index in [1.807, 2.05) is 17.0 Å². The van der Waals surface area contributed by atoms with Crippen LogP contribution in [0.3, 0.4) is 0 Å². The smallest absolute Gasteiger partial charge is 0.330 e. The number of fused-ring (bicyclic) bond motifs is 1. The molecule has 4 heterocycles. The number of urea groups is 1. The lowest BCUT2D eigenvalue weighted by atomic mass is 9.73. The first-order valence-corrected chi connectivity index (χ1v) is 12.9. The molecular formula is C26H35N7O2. The largest absolute Gasteiger partial charge is 0.354 e. The highest BCUT2D eigenvalue weighted by atomic mass is 16.2. The van der Waals surface area contributed by atoms with Gasteiger partial charge < -0.3 is 20.9 Å². The number of nitrogens with two attached hydrogens (primary N) is 1. The van der Waals surface area contributed by atoms with Gasteiger partial charge in [-0.25, -0.2) is 9.59 Å². The minimum Gasteiger partial charge on any atom is -0.330 e. The molecule has 1 spiro atoms. The average Bonchev–Trinajstić information content (AvgIpc) is 3.33. The van der Waals surface area contributed by atoms with Crippen molar-refractivity contribution in [1.82, 2.24) is 24.7 Å². The van der Waals surface area contributed by atoms with E-state index >= 15 is 0 Å². The summed E-state index contributed by atoms with van der Waals surface area (Å²) in [5.74, 6) is 2.70.